The van der Waals surface area contributed by atoms with E-state index in [1.165, 1.54) is 12.1 Å². The van der Waals surface area contributed by atoms with Crippen molar-refractivity contribution >= 4 is 10.9 Å². The zero-order valence-electron chi connectivity index (χ0n) is 8.90. The third-order valence-electron chi connectivity index (χ3n) is 2.65. The monoisotopic (exact) mass is 219 g/mol. The lowest BCUT2D eigenvalue weighted by atomic mass is 10.0. The zero-order valence-corrected chi connectivity index (χ0v) is 8.90. The first-order chi connectivity index (χ1) is 7.63. The number of aromatic amines is 1. The van der Waals surface area contributed by atoms with Crippen LogP contribution in [-0.4, -0.2) is 15.2 Å². The number of aliphatic hydroxyl groups excluding tert-OH is 1. The third-order valence-corrected chi connectivity index (χ3v) is 2.65. The number of H-pyrrole nitrogens is 1. The van der Waals surface area contributed by atoms with Crippen LogP contribution in [0.15, 0.2) is 29.1 Å². The van der Waals surface area contributed by atoms with Gasteiger partial charge in [-0.1, -0.05) is 13.0 Å². The molecule has 0 aliphatic heterocycles. The molecule has 0 radical (unpaired) electrons. The van der Waals surface area contributed by atoms with E-state index >= 15 is 0 Å². The fourth-order valence-corrected chi connectivity index (χ4v) is 1.77. The lowest BCUT2D eigenvalue weighted by molar-refractivity contribution is 0.175. The number of rotatable bonds is 2. The van der Waals surface area contributed by atoms with E-state index in [0.29, 0.717) is 22.9 Å². The topological polar surface area (TPSA) is 73.3 Å². The molecule has 0 aliphatic carbocycles. The van der Waals surface area contributed by atoms with Crippen LogP contribution in [0.3, 0.4) is 0 Å². The van der Waals surface area contributed by atoms with E-state index < -0.39 is 6.10 Å². The normalized spacial score (nSPS) is 12.9. The minimum Gasteiger partial charge on any atom is -0.506 e. The predicted octanol–water partition coefficient (Wildman–Crippen LogP) is 1.68. The van der Waals surface area contributed by atoms with Gasteiger partial charge >= 0.3 is 0 Å². The van der Waals surface area contributed by atoms with Gasteiger partial charge in [-0.05, 0) is 24.1 Å². The van der Waals surface area contributed by atoms with Crippen LogP contribution in [0.2, 0.25) is 0 Å². The Morgan fingerprint density at radius 2 is 2.06 bits per heavy atom. The van der Waals surface area contributed by atoms with E-state index in [0.717, 1.165) is 0 Å². The summed E-state index contributed by atoms with van der Waals surface area (Å²) in [6.07, 6.45) is -0.00654. The van der Waals surface area contributed by atoms with Crippen LogP contribution in [0.25, 0.3) is 10.9 Å². The van der Waals surface area contributed by atoms with Crippen LogP contribution >= 0.6 is 0 Å². The van der Waals surface area contributed by atoms with E-state index in [1.54, 1.807) is 12.1 Å². The Morgan fingerprint density at radius 3 is 2.75 bits per heavy atom. The van der Waals surface area contributed by atoms with E-state index in [1.807, 2.05) is 6.92 Å². The predicted molar refractivity (Wildman–Crippen MR) is 61.5 cm³/mol. The molecular formula is C12H13NO3. The number of benzene rings is 1. The number of aliphatic hydroxyl groups is 1. The molecular weight excluding hydrogens is 206 g/mol. The maximum atomic E-state index is 11.2. The number of pyridine rings is 1. The van der Waals surface area contributed by atoms with E-state index in [2.05, 4.69) is 4.98 Å². The van der Waals surface area contributed by atoms with Crippen molar-refractivity contribution in [3.63, 3.8) is 0 Å². The highest BCUT2D eigenvalue weighted by Gasteiger charge is 2.11. The van der Waals surface area contributed by atoms with Gasteiger partial charge in [0.1, 0.15) is 5.75 Å². The van der Waals surface area contributed by atoms with Crippen molar-refractivity contribution in [3.05, 3.63) is 40.2 Å². The van der Waals surface area contributed by atoms with Crippen molar-refractivity contribution in [2.24, 2.45) is 0 Å². The minimum absolute atomic E-state index is 0.0137. The summed E-state index contributed by atoms with van der Waals surface area (Å²) in [5.41, 5.74) is 0.815. The molecule has 4 heteroatoms. The van der Waals surface area contributed by atoms with Gasteiger partial charge in [0.2, 0.25) is 5.56 Å². The molecule has 1 aromatic heterocycles. The summed E-state index contributed by atoms with van der Waals surface area (Å²) < 4.78 is 0. The Balaban J connectivity index is 2.79. The smallest absolute Gasteiger partial charge is 0.248 e. The average Bonchev–Trinajstić information content (AvgIpc) is 2.29. The van der Waals surface area contributed by atoms with Gasteiger partial charge < -0.3 is 15.2 Å². The van der Waals surface area contributed by atoms with Gasteiger partial charge in [-0.3, -0.25) is 4.79 Å². The number of hydrogen-bond donors (Lipinski definition) is 3. The molecule has 0 bridgehead atoms. The molecule has 0 saturated heterocycles. The second kappa shape index (κ2) is 3.98. The molecule has 1 heterocycles. The fraction of sp³-hybridized carbons (Fsp3) is 0.250. The fourth-order valence-electron chi connectivity index (χ4n) is 1.77. The Hall–Kier alpha value is -1.81. The summed E-state index contributed by atoms with van der Waals surface area (Å²) in [7, 11) is 0. The Bertz CT molecular complexity index is 574. The molecule has 0 saturated carbocycles. The summed E-state index contributed by atoms with van der Waals surface area (Å²) in [6.45, 7) is 1.87. The van der Waals surface area contributed by atoms with E-state index in [-0.39, 0.29) is 11.3 Å². The second-order valence-electron chi connectivity index (χ2n) is 3.71. The van der Waals surface area contributed by atoms with Gasteiger partial charge in [-0.2, -0.15) is 0 Å². The van der Waals surface area contributed by atoms with Crippen molar-refractivity contribution in [3.8, 4) is 5.75 Å². The zero-order chi connectivity index (χ0) is 11.7. The number of hydrogen-bond acceptors (Lipinski definition) is 3. The Kier molecular flexibility index (Phi) is 2.66. The molecule has 2 aromatic rings. The van der Waals surface area contributed by atoms with Gasteiger partial charge in [0, 0.05) is 11.5 Å². The van der Waals surface area contributed by atoms with Crippen LogP contribution in [0.5, 0.6) is 5.75 Å². The number of aromatic hydroxyl groups is 1. The summed E-state index contributed by atoms with van der Waals surface area (Å²) in [4.78, 5) is 13.7. The van der Waals surface area contributed by atoms with Crippen molar-refractivity contribution in [2.75, 3.05) is 0 Å². The van der Waals surface area contributed by atoms with Crippen LogP contribution in [0, 0.1) is 0 Å². The standard InChI is InChI=1S/C12H13NO3/c1-2-9(14)7-3-5-10(15)12-8(7)4-6-11(16)13-12/h3-6,9,14-15H,2H2,1H3,(H,13,16). The van der Waals surface area contributed by atoms with Crippen molar-refractivity contribution in [1.29, 1.82) is 0 Å². The van der Waals surface area contributed by atoms with Gasteiger partial charge in [0.15, 0.2) is 0 Å². The number of fused-ring (bicyclic) bond motifs is 1. The van der Waals surface area contributed by atoms with E-state index in [9.17, 15) is 15.0 Å². The highest BCUT2D eigenvalue weighted by molar-refractivity contribution is 5.87. The molecule has 0 aliphatic rings. The van der Waals surface area contributed by atoms with Crippen LogP contribution in [0.4, 0.5) is 0 Å². The highest BCUT2D eigenvalue weighted by atomic mass is 16.3. The number of nitrogens with one attached hydrogen (secondary N) is 1. The molecule has 1 unspecified atom stereocenters. The van der Waals surface area contributed by atoms with Gasteiger partial charge in [0.25, 0.3) is 0 Å². The van der Waals surface area contributed by atoms with Crippen molar-refractivity contribution in [2.45, 2.75) is 19.4 Å². The van der Waals surface area contributed by atoms with E-state index in [4.69, 9.17) is 0 Å². The minimum atomic E-state index is -0.589. The summed E-state index contributed by atoms with van der Waals surface area (Å²) in [5.74, 6) is 0.0137. The Labute approximate surface area is 92.2 Å². The molecule has 0 spiro atoms. The lowest BCUT2D eigenvalue weighted by Crippen LogP contribution is -2.05. The quantitative estimate of drug-likeness (QED) is 0.719. The summed E-state index contributed by atoms with van der Waals surface area (Å²) >= 11 is 0. The number of phenols is 1. The first-order valence-corrected chi connectivity index (χ1v) is 5.16. The van der Waals surface area contributed by atoms with Gasteiger partial charge in [-0.25, -0.2) is 0 Å². The largest absolute Gasteiger partial charge is 0.506 e. The second-order valence-corrected chi connectivity index (χ2v) is 3.71. The van der Waals surface area contributed by atoms with Crippen LogP contribution in [-0.2, 0) is 0 Å². The molecule has 0 fully saturated rings. The molecule has 0 amide bonds. The maximum absolute atomic E-state index is 11.2. The van der Waals surface area contributed by atoms with Gasteiger partial charge in [0.05, 0.1) is 11.6 Å². The number of aromatic nitrogens is 1. The SMILES string of the molecule is CCC(O)c1ccc(O)c2[nH]c(=O)ccc12. The molecule has 1 atom stereocenters. The molecule has 84 valence electrons. The summed E-state index contributed by atoms with van der Waals surface area (Å²) in [5, 5.41) is 20.1. The van der Waals surface area contributed by atoms with Crippen molar-refractivity contribution < 1.29 is 10.2 Å². The molecule has 16 heavy (non-hydrogen) atoms. The third kappa shape index (κ3) is 1.67. The van der Waals surface area contributed by atoms with Crippen LogP contribution in [0.1, 0.15) is 25.0 Å². The molecule has 1 aromatic carbocycles. The van der Waals surface area contributed by atoms with Gasteiger partial charge in [-0.15, -0.1) is 0 Å². The first kappa shape index (κ1) is 10.7. The molecule has 3 N–H and O–H groups in total. The summed E-state index contributed by atoms with van der Waals surface area (Å²) in [6, 6.07) is 6.15. The van der Waals surface area contributed by atoms with Crippen LogP contribution < -0.4 is 5.56 Å². The highest BCUT2D eigenvalue weighted by Crippen LogP contribution is 2.29. The average molecular weight is 219 g/mol. The maximum Gasteiger partial charge on any atom is 0.248 e. The lowest BCUT2D eigenvalue weighted by Gasteiger charge is -2.12. The molecule has 2 rings (SSSR count). The van der Waals surface area contributed by atoms with Crippen molar-refractivity contribution in [1.82, 2.24) is 4.98 Å². The molecule has 4 nitrogen and oxygen atoms in total. The first-order valence-electron chi connectivity index (χ1n) is 5.16. The Morgan fingerprint density at radius 1 is 1.31 bits per heavy atom. The number of phenolic OH excluding ortho intramolecular Hbond substituents is 1.